The Morgan fingerprint density at radius 3 is 2.54 bits per heavy atom. The molecule has 0 aliphatic heterocycles. The molecule has 24 heavy (non-hydrogen) atoms. The Morgan fingerprint density at radius 2 is 1.88 bits per heavy atom. The molecule has 0 bridgehead atoms. The summed E-state index contributed by atoms with van der Waals surface area (Å²) in [5.41, 5.74) is 3.53. The summed E-state index contributed by atoms with van der Waals surface area (Å²) < 4.78 is 19.4. The van der Waals surface area contributed by atoms with Gasteiger partial charge in [0.05, 0.1) is 18.4 Å². The Kier molecular flexibility index (Phi) is 4.79. The minimum atomic E-state index is -0.575. The number of halogens is 1. The van der Waals surface area contributed by atoms with Crippen molar-refractivity contribution in [2.45, 2.75) is 39.0 Å². The molecule has 126 valence electrons. The molecule has 1 aliphatic rings. The Bertz CT molecular complexity index is 774. The lowest BCUT2D eigenvalue weighted by molar-refractivity contribution is 0.102. The number of aryl methyl sites for hydroxylation is 3. The molecule has 1 aromatic carbocycles. The maximum absolute atomic E-state index is 14.0. The van der Waals surface area contributed by atoms with Crippen LogP contribution in [0.2, 0.25) is 0 Å². The summed E-state index contributed by atoms with van der Waals surface area (Å²) in [5.74, 6) is -0.495. The van der Waals surface area contributed by atoms with Crippen LogP contribution >= 0.6 is 0 Å². The summed E-state index contributed by atoms with van der Waals surface area (Å²) >= 11 is 0. The van der Waals surface area contributed by atoms with Crippen LogP contribution < -0.4 is 10.1 Å². The van der Waals surface area contributed by atoms with Crippen molar-refractivity contribution in [3.05, 3.63) is 52.6 Å². The second kappa shape index (κ2) is 6.99. The van der Waals surface area contributed by atoms with Crippen molar-refractivity contribution in [2.24, 2.45) is 0 Å². The fourth-order valence-electron chi connectivity index (χ4n) is 3.09. The van der Waals surface area contributed by atoms with Crippen molar-refractivity contribution in [1.29, 1.82) is 0 Å². The number of methoxy groups -OCH3 is 1. The molecular weight excluding hydrogens is 307 g/mol. The summed E-state index contributed by atoms with van der Waals surface area (Å²) in [6.07, 6.45) is 6.79. The number of carbonyl (C=O) groups is 1. The van der Waals surface area contributed by atoms with Crippen LogP contribution in [0.15, 0.2) is 24.4 Å². The third kappa shape index (κ3) is 3.40. The Morgan fingerprint density at radius 1 is 1.17 bits per heavy atom. The van der Waals surface area contributed by atoms with Gasteiger partial charge >= 0.3 is 0 Å². The second-order valence-corrected chi connectivity index (χ2v) is 6.14. The Balaban J connectivity index is 1.91. The predicted molar refractivity (Wildman–Crippen MR) is 91.1 cm³/mol. The number of carbonyl (C=O) groups excluding carboxylic acids is 1. The molecule has 1 aromatic heterocycles. The topological polar surface area (TPSA) is 51.2 Å². The molecule has 1 aliphatic carbocycles. The highest BCUT2D eigenvalue weighted by atomic mass is 19.1. The number of fused-ring (bicyclic) bond motifs is 1. The number of rotatable bonds is 3. The number of pyridine rings is 1. The van der Waals surface area contributed by atoms with Crippen LogP contribution in [0.5, 0.6) is 5.75 Å². The Hall–Kier alpha value is -2.43. The molecule has 0 fully saturated rings. The predicted octanol–water partition coefficient (Wildman–Crippen LogP) is 4.06. The van der Waals surface area contributed by atoms with Crippen molar-refractivity contribution < 1.29 is 13.9 Å². The number of aromatic nitrogens is 1. The number of benzene rings is 1. The van der Waals surface area contributed by atoms with Gasteiger partial charge in [-0.05, 0) is 61.9 Å². The number of nitrogens with one attached hydrogen (secondary N) is 1. The molecule has 5 heteroatoms. The van der Waals surface area contributed by atoms with E-state index in [-0.39, 0.29) is 5.56 Å². The Labute approximate surface area is 141 Å². The number of hydrogen-bond donors (Lipinski definition) is 1. The molecule has 4 nitrogen and oxygen atoms in total. The van der Waals surface area contributed by atoms with Crippen molar-refractivity contribution in [3.63, 3.8) is 0 Å². The third-order valence-corrected chi connectivity index (χ3v) is 4.40. The quantitative estimate of drug-likeness (QED) is 0.865. The van der Waals surface area contributed by atoms with Gasteiger partial charge in [-0.25, -0.2) is 4.39 Å². The van der Waals surface area contributed by atoms with Crippen LogP contribution in [0.25, 0.3) is 0 Å². The molecule has 0 unspecified atom stereocenters. The molecule has 0 saturated heterocycles. The molecule has 3 rings (SSSR count). The summed E-state index contributed by atoms with van der Waals surface area (Å²) in [6.45, 7) is 1.68. The number of anilines is 1. The van der Waals surface area contributed by atoms with Gasteiger partial charge < -0.3 is 10.1 Å². The van der Waals surface area contributed by atoms with E-state index in [1.807, 2.05) is 12.1 Å². The molecule has 0 saturated carbocycles. The molecular formula is C19H21FN2O2. The van der Waals surface area contributed by atoms with Gasteiger partial charge in [0.15, 0.2) is 0 Å². The van der Waals surface area contributed by atoms with E-state index in [4.69, 9.17) is 4.74 Å². The van der Waals surface area contributed by atoms with Gasteiger partial charge in [-0.15, -0.1) is 0 Å². The standard InChI is InChI=1S/C19H21FN2O2/c1-12-8-16(20)15(11-21-12)19(23)22-17-9-13-6-4-3-5-7-14(13)10-18(17)24-2/h8-11H,3-7H2,1-2H3,(H,22,23). The molecule has 1 heterocycles. The smallest absolute Gasteiger partial charge is 0.260 e. The average molecular weight is 328 g/mol. The first-order valence-electron chi connectivity index (χ1n) is 8.22. The molecule has 1 N–H and O–H groups in total. The van der Waals surface area contributed by atoms with Gasteiger partial charge in [0, 0.05) is 11.9 Å². The van der Waals surface area contributed by atoms with Crippen LogP contribution in [0.4, 0.5) is 10.1 Å². The van der Waals surface area contributed by atoms with E-state index in [0.29, 0.717) is 17.1 Å². The number of nitrogens with zero attached hydrogens (tertiary/aromatic N) is 1. The van der Waals surface area contributed by atoms with Crippen molar-refractivity contribution >= 4 is 11.6 Å². The van der Waals surface area contributed by atoms with Gasteiger partial charge in [-0.3, -0.25) is 9.78 Å². The minimum Gasteiger partial charge on any atom is -0.495 e. The van der Waals surface area contributed by atoms with Gasteiger partial charge in [0.2, 0.25) is 0 Å². The normalized spacial score (nSPS) is 13.8. The third-order valence-electron chi connectivity index (χ3n) is 4.40. The van der Waals surface area contributed by atoms with E-state index < -0.39 is 11.7 Å². The zero-order valence-corrected chi connectivity index (χ0v) is 14.0. The van der Waals surface area contributed by atoms with E-state index in [1.165, 1.54) is 36.2 Å². The maximum Gasteiger partial charge on any atom is 0.260 e. The monoisotopic (exact) mass is 328 g/mol. The molecule has 0 radical (unpaired) electrons. The first-order chi connectivity index (χ1) is 11.6. The van der Waals surface area contributed by atoms with E-state index in [9.17, 15) is 9.18 Å². The lowest BCUT2D eigenvalue weighted by Gasteiger charge is -2.15. The van der Waals surface area contributed by atoms with Crippen LogP contribution in [0.3, 0.4) is 0 Å². The fraction of sp³-hybridized carbons (Fsp3) is 0.368. The van der Waals surface area contributed by atoms with Crippen molar-refractivity contribution in [3.8, 4) is 5.75 Å². The summed E-state index contributed by atoms with van der Waals surface area (Å²) in [4.78, 5) is 16.4. The molecule has 1 amide bonds. The van der Waals surface area contributed by atoms with Crippen molar-refractivity contribution in [2.75, 3.05) is 12.4 Å². The molecule has 2 aromatic rings. The average Bonchev–Trinajstić information content (AvgIpc) is 2.78. The lowest BCUT2D eigenvalue weighted by atomic mass is 10.0. The maximum atomic E-state index is 14.0. The van der Waals surface area contributed by atoms with Gasteiger partial charge in [0.25, 0.3) is 5.91 Å². The molecule has 0 atom stereocenters. The van der Waals surface area contributed by atoms with Crippen LogP contribution in [-0.2, 0) is 12.8 Å². The van der Waals surface area contributed by atoms with E-state index >= 15 is 0 Å². The zero-order chi connectivity index (χ0) is 17.1. The summed E-state index contributed by atoms with van der Waals surface area (Å²) in [7, 11) is 1.57. The molecule has 0 spiro atoms. The first kappa shape index (κ1) is 16.4. The SMILES string of the molecule is COc1cc2c(cc1NC(=O)c1cnc(C)cc1F)CCCCC2. The van der Waals surface area contributed by atoms with Crippen LogP contribution in [0.1, 0.15) is 46.4 Å². The first-order valence-corrected chi connectivity index (χ1v) is 8.22. The van der Waals surface area contributed by atoms with E-state index in [2.05, 4.69) is 10.3 Å². The highest BCUT2D eigenvalue weighted by Gasteiger charge is 2.17. The van der Waals surface area contributed by atoms with E-state index in [1.54, 1.807) is 14.0 Å². The van der Waals surface area contributed by atoms with Crippen molar-refractivity contribution in [1.82, 2.24) is 4.98 Å². The second-order valence-electron chi connectivity index (χ2n) is 6.14. The summed E-state index contributed by atoms with van der Waals surface area (Å²) in [6, 6.07) is 5.19. The summed E-state index contributed by atoms with van der Waals surface area (Å²) in [5, 5.41) is 2.76. The van der Waals surface area contributed by atoms with Crippen LogP contribution in [-0.4, -0.2) is 18.0 Å². The highest BCUT2D eigenvalue weighted by molar-refractivity contribution is 6.05. The zero-order valence-electron chi connectivity index (χ0n) is 14.0. The van der Waals surface area contributed by atoms with Gasteiger partial charge in [-0.1, -0.05) is 6.42 Å². The largest absolute Gasteiger partial charge is 0.495 e. The van der Waals surface area contributed by atoms with E-state index in [0.717, 1.165) is 19.3 Å². The highest BCUT2D eigenvalue weighted by Crippen LogP contribution is 2.32. The number of ether oxygens (including phenoxy) is 1. The lowest BCUT2D eigenvalue weighted by Crippen LogP contribution is -2.15. The minimum absolute atomic E-state index is 0.0717. The van der Waals surface area contributed by atoms with Gasteiger partial charge in [0.1, 0.15) is 11.6 Å². The number of amides is 1. The number of hydrogen-bond acceptors (Lipinski definition) is 3. The fourth-order valence-corrected chi connectivity index (χ4v) is 3.09. The van der Waals surface area contributed by atoms with Gasteiger partial charge in [-0.2, -0.15) is 0 Å². The van der Waals surface area contributed by atoms with Crippen LogP contribution in [0, 0.1) is 12.7 Å².